The molecule has 15 heavy (non-hydrogen) atoms. The first-order chi connectivity index (χ1) is 7.35. The summed E-state index contributed by atoms with van der Waals surface area (Å²) in [5.74, 6) is 1.18. The minimum absolute atomic E-state index is 0.101. The highest BCUT2D eigenvalue weighted by Gasteiger charge is 2.04. The van der Waals surface area contributed by atoms with E-state index < -0.39 is 0 Å². The van der Waals surface area contributed by atoms with E-state index in [0.717, 1.165) is 0 Å². The molecule has 0 spiro atoms. The molecular formula is C9H12N4O2. The van der Waals surface area contributed by atoms with Gasteiger partial charge in [0.05, 0.1) is 0 Å². The number of imidazole rings is 2. The van der Waals surface area contributed by atoms with Crippen molar-refractivity contribution in [2.24, 2.45) is 0 Å². The van der Waals surface area contributed by atoms with E-state index in [0.29, 0.717) is 18.3 Å². The molecule has 0 saturated carbocycles. The van der Waals surface area contributed by atoms with E-state index in [1.54, 1.807) is 33.9 Å². The van der Waals surface area contributed by atoms with Crippen molar-refractivity contribution in [2.75, 3.05) is 0 Å². The molecule has 0 fully saturated rings. The van der Waals surface area contributed by atoms with E-state index in [9.17, 15) is 0 Å². The molecule has 0 amide bonds. The maximum atomic E-state index is 9.00. The van der Waals surface area contributed by atoms with Crippen LogP contribution >= 0.6 is 0 Å². The molecule has 2 heterocycles. The van der Waals surface area contributed by atoms with Crippen LogP contribution in [0.3, 0.4) is 0 Å². The van der Waals surface area contributed by atoms with Crippen molar-refractivity contribution in [1.82, 2.24) is 19.1 Å². The summed E-state index contributed by atoms with van der Waals surface area (Å²) in [5.41, 5.74) is 0. The average molecular weight is 208 g/mol. The number of rotatable bonds is 4. The van der Waals surface area contributed by atoms with Crippen molar-refractivity contribution in [3.8, 4) is 0 Å². The molecule has 0 bridgehead atoms. The Morgan fingerprint density at radius 2 is 1.40 bits per heavy atom. The Kier molecular flexibility index (Phi) is 2.79. The van der Waals surface area contributed by atoms with E-state index in [1.807, 2.05) is 0 Å². The third kappa shape index (κ3) is 1.90. The smallest absolute Gasteiger partial charge is 0.135 e. The fourth-order valence-electron chi connectivity index (χ4n) is 1.41. The standard InChI is InChI=1S/C9H12N4O2/c14-5-8-10-1-3-12(8)7-13-4-2-11-9(13)6-15/h1-4,14-15H,5-7H2. The third-order valence-corrected chi connectivity index (χ3v) is 2.19. The molecule has 0 atom stereocenters. The second kappa shape index (κ2) is 4.24. The molecule has 2 rings (SSSR count). The summed E-state index contributed by atoms with van der Waals surface area (Å²) in [5, 5.41) is 18.0. The van der Waals surface area contributed by atoms with Crippen LogP contribution in [0.4, 0.5) is 0 Å². The Bertz CT molecular complexity index is 395. The molecule has 80 valence electrons. The van der Waals surface area contributed by atoms with Gasteiger partial charge in [-0.15, -0.1) is 0 Å². The average Bonchev–Trinajstić information content (AvgIpc) is 2.87. The first-order valence-corrected chi connectivity index (χ1v) is 4.57. The molecular weight excluding hydrogens is 196 g/mol. The predicted octanol–water partition coefficient (Wildman–Crippen LogP) is -0.430. The van der Waals surface area contributed by atoms with Crippen molar-refractivity contribution in [1.29, 1.82) is 0 Å². The molecule has 0 radical (unpaired) electrons. The Labute approximate surface area is 86.4 Å². The van der Waals surface area contributed by atoms with Crippen molar-refractivity contribution < 1.29 is 10.2 Å². The maximum Gasteiger partial charge on any atom is 0.135 e. The summed E-state index contributed by atoms with van der Waals surface area (Å²) in [6.45, 7) is 0.290. The van der Waals surface area contributed by atoms with Gasteiger partial charge in [-0.1, -0.05) is 0 Å². The zero-order chi connectivity index (χ0) is 10.7. The summed E-state index contributed by atoms with van der Waals surface area (Å²) in [6.07, 6.45) is 6.79. The number of hydrogen-bond acceptors (Lipinski definition) is 4. The molecule has 6 nitrogen and oxygen atoms in total. The van der Waals surface area contributed by atoms with Crippen LogP contribution in [0, 0.1) is 0 Å². The highest BCUT2D eigenvalue weighted by atomic mass is 16.3. The maximum absolute atomic E-state index is 9.00. The highest BCUT2D eigenvalue weighted by molar-refractivity contribution is 4.94. The van der Waals surface area contributed by atoms with Crippen LogP contribution in [-0.4, -0.2) is 29.3 Å². The second-order valence-corrected chi connectivity index (χ2v) is 3.08. The van der Waals surface area contributed by atoms with Gasteiger partial charge in [0.2, 0.25) is 0 Å². The SMILES string of the molecule is OCc1nccn1Cn1ccnc1CO. The Balaban J connectivity index is 2.21. The molecule has 0 saturated heterocycles. The predicted molar refractivity (Wildman–Crippen MR) is 51.7 cm³/mol. The highest BCUT2D eigenvalue weighted by Crippen LogP contribution is 2.02. The molecule has 0 aliphatic heterocycles. The molecule has 0 aromatic carbocycles. The van der Waals surface area contributed by atoms with Crippen molar-refractivity contribution >= 4 is 0 Å². The number of aromatic nitrogens is 4. The van der Waals surface area contributed by atoms with Gasteiger partial charge in [-0.3, -0.25) is 0 Å². The topological polar surface area (TPSA) is 76.1 Å². The number of hydrogen-bond donors (Lipinski definition) is 2. The van der Waals surface area contributed by atoms with E-state index in [1.165, 1.54) is 0 Å². The van der Waals surface area contributed by atoms with Crippen LogP contribution in [0.5, 0.6) is 0 Å². The zero-order valence-corrected chi connectivity index (χ0v) is 8.11. The van der Waals surface area contributed by atoms with Crippen LogP contribution in [0.2, 0.25) is 0 Å². The molecule has 6 heteroatoms. The normalized spacial score (nSPS) is 10.8. The first kappa shape index (κ1) is 9.88. The van der Waals surface area contributed by atoms with Crippen molar-refractivity contribution in [3.05, 3.63) is 36.4 Å². The summed E-state index contributed by atoms with van der Waals surface area (Å²) >= 11 is 0. The van der Waals surface area contributed by atoms with Gasteiger partial charge in [0.1, 0.15) is 31.5 Å². The molecule has 2 aromatic heterocycles. The molecule has 0 unspecified atom stereocenters. The van der Waals surface area contributed by atoms with E-state index in [4.69, 9.17) is 10.2 Å². The van der Waals surface area contributed by atoms with Gasteiger partial charge in [0.25, 0.3) is 0 Å². The fourth-order valence-corrected chi connectivity index (χ4v) is 1.41. The monoisotopic (exact) mass is 208 g/mol. The minimum atomic E-state index is -0.101. The summed E-state index contributed by atoms with van der Waals surface area (Å²) < 4.78 is 3.58. The lowest BCUT2D eigenvalue weighted by Crippen LogP contribution is -2.12. The number of aliphatic hydroxyl groups is 2. The number of nitrogens with zero attached hydrogens (tertiary/aromatic N) is 4. The molecule has 2 N–H and O–H groups in total. The minimum Gasteiger partial charge on any atom is -0.388 e. The quantitative estimate of drug-likeness (QED) is 0.714. The van der Waals surface area contributed by atoms with Gasteiger partial charge in [0, 0.05) is 24.8 Å². The van der Waals surface area contributed by atoms with Gasteiger partial charge in [-0.05, 0) is 0 Å². The lowest BCUT2D eigenvalue weighted by Gasteiger charge is -2.09. The lowest BCUT2D eigenvalue weighted by atomic mass is 10.6. The largest absolute Gasteiger partial charge is 0.388 e. The van der Waals surface area contributed by atoms with E-state index in [-0.39, 0.29) is 13.2 Å². The fraction of sp³-hybridized carbons (Fsp3) is 0.333. The Morgan fingerprint density at radius 1 is 0.933 bits per heavy atom. The Hall–Kier alpha value is -1.66. The van der Waals surface area contributed by atoms with Crippen LogP contribution < -0.4 is 0 Å². The van der Waals surface area contributed by atoms with Crippen LogP contribution in [-0.2, 0) is 19.9 Å². The number of aliphatic hydroxyl groups excluding tert-OH is 2. The van der Waals surface area contributed by atoms with Crippen LogP contribution in [0.15, 0.2) is 24.8 Å². The van der Waals surface area contributed by atoms with Crippen molar-refractivity contribution in [3.63, 3.8) is 0 Å². The molecule has 0 aliphatic carbocycles. The lowest BCUT2D eigenvalue weighted by molar-refractivity contribution is 0.256. The summed E-state index contributed by atoms with van der Waals surface area (Å²) in [4.78, 5) is 7.97. The summed E-state index contributed by atoms with van der Waals surface area (Å²) in [6, 6.07) is 0. The van der Waals surface area contributed by atoms with Crippen LogP contribution in [0.25, 0.3) is 0 Å². The third-order valence-electron chi connectivity index (χ3n) is 2.19. The first-order valence-electron chi connectivity index (χ1n) is 4.57. The Morgan fingerprint density at radius 3 is 1.80 bits per heavy atom. The van der Waals surface area contributed by atoms with E-state index in [2.05, 4.69) is 9.97 Å². The zero-order valence-electron chi connectivity index (χ0n) is 8.11. The van der Waals surface area contributed by atoms with Gasteiger partial charge < -0.3 is 19.3 Å². The second-order valence-electron chi connectivity index (χ2n) is 3.08. The van der Waals surface area contributed by atoms with Gasteiger partial charge >= 0.3 is 0 Å². The molecule has 2 aromatic rings. The summed E-state index contributed by atoms with van der Waals surface area (Å²) in [7, 11) is 0. The van der Waals surface area contributed by atoms with Gasteiger partial charge in [-0.25, -0.2) is 9.97 Å². The van der Waals surface area contributed by atoms with E-state index >= 15 is 0 Å². The van der Waals surface area contributed by atoms with Gasteiger partial charge in [-0.2, -0.15) is 0 Å². The van der Waals surface area contributed by atoms with Crippen LogP contribution in [0.1, 0.15) is 11.6 Å². The van der Waals surface area contributed by atoms with Crippen molar-refractivity contribution in [2.45, 2.75) is 19.9 Å². The molecule has 0 aliphatic rings. The van der Waals surface area contributed by atoms with Gasteiger partial charge in [0.15, 0.2) is 0 Å².